The Balaban J connectivity index is 3.68. The van der Waals surface area contributed by atoms with Crippen LogP contribution in [0.3, 0.4) is 0 Å². The summed E-state index contributed by atoms with van der Waals surface area (Å²) in [4.78, 5) is 23.6. The predicted molar refractivity (Wildman–Crippen MR) is 60.4 cm³/mol. The Morgan fingerprint density at radius 2 is 1.84 bits per heavy atom. The zero-order valence-electron chi connectivity index (χ0n) is 11.0. The molecule has 0 atom stereocenters. The van der Waals surface area contributed by atoms with Crippen molar-refractivity contribution < 1.29 is 32.2 Å². The van der Waals surface area contributed by atoms with Gasteiger partial charge in [0.2, 0.25) is 5.91 Å². The molecule has 0 aromatic carbocycles. The molecule has 5 nitrogen and oxygen atoms in total. The number of alkyl halides is 3. The van der Waals surface area contributed by atoms with E-state index < -0.39 is 12.8 Å². The Morgan fingerprint density at radius 1 is 1.21 bits per heavy atom. The highest BCUT2D eigenvalue weighted by molar-refractivity contribution is 5.76. The van der Waals surface area contributed by atoms with Gasteiger partial charge >= 0.3 is 12.1 Å². The van der Waals surface area contributed by atoms with Crippen LogP contribution < -0.4 is 0 Å². The lowest BCUT2D eigenvalue weighted by Gasteiger charge is -2.17. The third kappa shape index (κ3) is 10.3. The maximum Gasteiger partial charge on any atom is 0.411 e. The highest BCUT2D eigenvalue weighted by atomic mass is 19.4. The van der Waals surface area contributed by atoms with Gasteiger partial charge in [0.1, 0.15) is 6.61 Å². The molecule has 1 amide bonds. The van der Waals surface area contributed by atoms with Gasteiger partial charge in [0.05, 0.1) is 20.1 Å². The summed E-state index contributed by atoms with van der Waals surface area (Å²) >= 11 is 0. The lowest BCUT2D eigenvalue weighted by Crippen LogP contribution is -2.29. The third-order valence-electron chi connectivity index (χ3n) is 2.25. The van der Waals surface area contributed by atoms with Gasteiger partial charge in [0.15, 0.2) is 0 Å². The van der Waals surface area contributed by atoms with Crippen molar-refractivity contribution in [2.45, 2.75) is 25.4 Å². The molecule has 0 aromatic rings. The molecular weight excluding hydrogens is 267 g/mol. The highest BCUT2D eigenvalue weighted by Gasteiger charge is 2.27. The van der Waals surface area contributed by atoms with Crippen LogP contribution in [0.15, 0.2) is 0 Å². The number of halogens is 3. The van der Waals surface area contributed by atoms with E-state index >= 15 is 0 Å². The van der Waals surface area contributed by atoms with Crippen LogP contribution in [0.5, 0.6) is 0 Å². The van der Waals surface area contributed by atoms with E-state index in [4.69, 9.17) is 0 Å². The summed E-state index contributed by atoms with van der Waals surface area (Å²) in [5.74, 6) is -0.693. The molecule has 0 rings (SSSR count). The van der Waals surface area contributed by atoms with Crippen molar-refractivity contribution in [3.63, 3.8) is 0 Å². The number of amides is 1. The van der Waals surface area contributed by atoms with E-state index in [1.54, 1.807) is 0 Å². The number of hydrogen-bond acceptors (Lipinski definition) is 4. The van der Waals surface area contributed by atoms with Crippen LogP contribution >= 0.6 is 0 Å². The van der Waals surface area contributed by atoms with Crippen LogP contribution in [-0.4, -0.2) is 56.9 Å². The smallest absolute Gasteiger partial charge is 0.411 e. The molecule has 0 N–H and O–H groups in total. The molecular formula is C11H18F3NO4. The minimum Gasteiger partial charge on any atom is -0.469 e. The Bertz CT molecular complexity index is 294. The second kappa shape index (κ2) is 8.73. The van der Waals surface area contributed by atoms with Crippen molar-refractivity contribution in [2.24, 2.45) is 0 Å². The third-order valence-corrected chi connectivity index (χ3v) is 2.25. The molecule has 0 heterocycles. The first-order valence-electron chi connectivity index (χ1n) is 5.71. The minimum atomic E-state index is -4.38. The van der Waals surface area contributed by atoms with Gasteiger partial charge in [0, 0.05) is 20.0 Å². The fourth-order valence-electron chi connectivity index (χ4n) is 1.23. The SMILES string of the molecule is COC(=O)CCCN(C)C(=O)CCOCC(F)(F)F. The number of rotatable bonds is 8. The van der Waals surface area contributed by atoms with Crippen molar-refractivity contribution in [3.05, 3.63) is 0 Å². The van der Waals surface area contributed by atoms with Gasteiger partial charge in [-0.1, -0.05) is 0 Å². The van der Waals surface area contributed by atoms with E-state index in [2.05, 4.69) is 9.47 Å². The molecule has 0 bridgehead atoms. The molecule has 19 heavy (non-hydrogen) atoms. The predicted octanol–water partition coefficient (Wildman–Crippen LogP) is 1.37. The van der Waals surface area contributed by atoms with Crippen LogP contribution in [0.2, 0.25) is 0 Å². The number of nitrogens with zero attached hydrogens (tertiary/aromatic N) is 1. The molecule has 0 aliphatic heterocycles. The lowest BCUT2D eigenvalue weighted by atomic mass is 10.3. The Labute approximate surface area is 109 Å². The van der Waals surface area contributed by atoms with Crippen LogP contribution in [0.25, 0.3) is 0 Å². The van der Waals surface area contributed by atoms with Gasteiger partial charge in [-0.25, -0.2) is 0 Å². The summed E-state index contributed by atoms with van der Waals surface area (Å²) in [6, 6.07) is 0. The van der Waals surface area contributed by atoms with E-state index in [0.717, 1.165) is 0 Å². The highest BCUT2D eigenvalue weighted by Crippen LogP contribution is 2.14. The maximum atomic E-state index is 11.8. The Morgan fingerprint density at radius 3 is 2.37 bits per heavy atom. The first kappa shape index (κ1) is 17.7. The Kier molecular flexibility index (Phi) is 8.13. The van der Waals surface area contributed by atoms with Crippen molar-refractivity contribution >= 4 is 11.9 Å². The Hall–Kier alpha value is -1.31. The van der Waals surface area contributed by atoms with E-state index in [9.17, 15) is 22.8 Å². The van der Waals surface area contributed by atoms with Gasteiger partial charge in [-0.15, -0.1) is 0 Å². The summed E-state index contributed by atoms with van der Waals surface area (Å²) in [5.41, 5.74) is 0. The standard InChI is InChI=1S/C11H18F3NO4/c1-15(6-3-4-10(17)18-2)9(16)5-7-19-8-11(12,13)14/h3-8H2,1-2H3. The molecule has 8 heteroatoms. The zero-order valence-corrected chi connectivity index (χ0v) is 11.0. The number of esters is 1. The van der Waals surface area contributed by atoms with Gasteiger partial charge < -0.3 is 14.4 Å². The van der Waals surface area contributed by atoms with Gasteiger partial charge in [-0.2, -0.15) is 13.2 Å². The van der Waals surface area contributed by atoms with Crippen molar-refractivity contribution in [2.75, 3.05) is 33.9 Å². The monoisotopic (exact) mass is 285 g/mol. The van der Waals surface area contributed by atoms with Crippen LogP contribution in [0.1, 0.15) is 19.3 Å². The first-order valence-corrected chi connectivity index (χ1v) is 5.71. The molecule has 0 aliphatic carbocycles. The molecule has 0 unspecified atom stereocenters. The van der Waals surface area contributed by atoms with Gasteiger partial charge in [-0.05, 0) is 6.42 Å². The second-order valence-corrected chi connectivity index (χ2v) is 3.91. The second-order valence-electron chi connectivity index (χ2n) is 3.91. The molecule has 0 aromatic heterocycles. The summed E-state index contributed by atoms with van der Waals surface area (Å²) in [6.07, 6.45) is -3.86. The molecule has 0 radical (unpaired) electrons. The zero-order chi connectivity index (χ0) is 14.9. The summed E-state index contributed by atoms with van der Waals surface area (Å²) in [7, 11) is 2.79. The minimum absolute atomic E-state index is 0.120. The topological polar surface area (TPSA) is 55.8 Å². The van der Waals surface area contributed by atoms with Crippen LogP contribution in [0, 0.1) is 0 Å². The normalized spacial score (nSPS) is 11.2. The van der Waals surface area contributed by atoms with Crippen molar-refractivity contribution in [1.29, 1.82) is 0 Å². The fraction of sp³-hybridized carbons (Fsp3) is 0.818. The average Bonchev–Trinajstić information content (AvgIpc) is 2.32. The molecule has 0 saturated heterocycles. The molecule has 112 valence electrons. The average molecular weight is 285 g/mol. The number of ether oxygens (including phenoxy) is 2. The number of methoxy groups -OCH3 is 1. The van der Waals surface area contributed by atoms with Gasteiger partial charge in [0.25, 0.3) is 0 Å². The first-order chi connectivity index (χ1) is 8.76. The van der Waals surface area contributed by atoms with E-state index in [1.807, 2.05) is 0 Å². The quantitative estimate of drug-likeness (QED) is 0.499. The molecule has 0 spiro atoms. The fourth-order valence-corrected chi connectivity index (χ4v) is 1.23. The number of hydrogen-bond donors (Lipinski definition) is 0. The van der Waals surface area contributed by atoms with E-state index in [0.29, 0.717) is 13.0 Å². The summed E-state index contributed by atoms with van der Waals surface area (Å²) in [5, 5.41) is 0. The van der Waals surface area contributed by atoms with E-state index in [1.165, 1.54) is 19.1 Å². The van der Waals surface area contributed by atoms with Crippen molar-refractivity contribution in [1.82, 2.24) is 4.90 Å². The maximum absolute atomic E-state index is 11.8. The number of carbonyl (C=O) groups excluding carboxylic acids is 2. The van der Waals surface area contributed by atoms with Crippen LogP contribution in [0.4, 0.5) is 13.2 Å². The van der Waals surface area contributed by atoms with Gasteiger partial charge in [-0.3, -0.25) is 9.59 Å². The molecule has 0 aliphatic rings. The molecule has 0 saturated carbocycles. The number of carbonyl (C=O) groups is 2. The summed E-state index contributed by atoms with van der Waals surface area (Å²) in [6.45, 7) is -1.29. The summed E-state index contributed by atoms with van der Waals surface area (Å²) < 4.78 is 44.0. The van der Waals surface area contributed by atoms with E-state index in [-0.39, 0.29) is 31.3 Å². The lowest BCUT2D eigenvalue weighted by molar-refractivity contribution is -0.175. The van der Waals surface area contributed by atoms with Crippen molar-refractivity contribution in [3.8, 4) is 0 Å². The molecule has 0 fully saturated rings. The largest absolute Gasteiger partial charge is 0.469 e. The van der Waals surface area contributed by atoms with Crippen LogP contribution in [-0.2, 0) is 19.1 Å².